The molecule has 0 radical (unpaired) electrons. The molecule has 0 aliphatic rings. The molecular weight excluding hydrogens is 451 g/mol. The predicted octanol–water partition coefficient (Wildman–Crippen LogP) is 3.77. The minimum Gasteiger partial charge on any atom is -0.478 e. The van der Waals surface area contributed by atoms with Gasteiger partial charge in [-0.05, 0) is 77.3 Å². The molecule has 0 saturated heterocycles. The zero-order chi connectivity index (χ0) is 17.0. The van der Waals surface area contributed by atoms with E-state index in [0.717, 1.165) is 3.57 Å². The fraction of sp³-hybridized carbons (Fsp3) is 0. The first kappa shape index (κ1) is 17.6. The lowest BCUT2D eigenvalue weighted by Gasteiger charge is -2.10. The second kappa shape index (κ2) is 7.71. The van der Waals surface area contributed by atoms with Crippen LogP contribution in [0.2, 0.25) is 5.02 Å². The van der Waals surface area contributed by atoms with Crippen LogP contribution in [0.3, 0.4) is 0 Å². The number of amides is 1. The molecule has 0 spiro atoms. The van der Waals surface area contributed by atoms with Gasteiger partial charge in [0.25, 0.3) is 5.91 Å². The fourth-order valence-electron chi connectivity index (χ4n) is 1.71. The summed E-state index contributed by atoms with van der Waals surface area (Å²) < 4.78 is 1.02. The van der Waals surface area contributed by atoms with Crippen molar-refractivity contribution in [3.8, 4) is 0 Å². The highest BCUT2D eigenvalue weighted by Gasteiger charge is 2.11. The van der Waals surface area contributed by atoms with E-state index in [0.29, 0.717) is 11.3 Å². The van der Waals surface area contributed by atoms with E-state index >= 15 is 0 Å². The Labute approximate surface area is 156 Å². The lowest BCUT2D eigenvalue weighted by molar-refractivity contribution is 0.0697. The third-order valence-corrected chi connectivity index (χ3v) is 4.04. The average molecular weight is 461 g/mol. The Morgan fingerprint density at radius 3 is 2.39 bits per heavy atom. The van der Waals surface area contributed by atoms with E-state index in [1.807, 2.05) is 12.1 Å². The summed E-state index contributed by atoms with van der Waals surface area (Å²) in [7, 11) is 0. The van der Waals surface area contributed by atoms with E-state index in [2.05, 4.69) is 33.2 Å². The van der Waals surface area contributed by atoms with Crippen LogP contribution in [-0.4, -0.2) is 22.1 Å². The standard InChI is InChI=1S/C15H10ClIN2O3S/c16-12-6-5-10(7-11(12)14(21)22)18-15(23)19-13(20)8-1-3-9(17)4-2-8/h1-7H,(H,21,22)(H2,18,19,20,23). The molecule has 8 heteroatoms. The van der Waals surface area contributed by atoms with Crippen LogP contribution in [0.25, 0.3) is 0 Å². The van der Waals surface area contributed by atoms with Crippen molar-refractivity contribution in [1.29, 1.82) is 0 Å². The summed E-state index contributed by atoms with van der Waals surface area (Å²) >= 11 is 13.0. The van der Waals surface area contributed by atoms with Crippen LogP contribution in [0.4, 0.5) is 5.69 Å². The number of carboxylic acids is 1. The maximum absolute atomic E-state index is 12.0. The molecule has 2 aromatic carbocycles. The molecule has 118 valence electrons. The summed E-state index contributed by atoms with van der Waals surface area (Å²) in [5, 5.41) is 14.5. The Hall–Kier alpha value is -1.71. The van der Waals surface area contributed by atoms with Gasteiger partial charge < -0.3 is 10.4 Å². The third-order valence-electron chi connectivity index (χ3n) is 2.79. The van der Waals surface area contributed by atoms with Gasteiger partial charge in [0.05, 0.1) is 10.6 Å². The number of carbonyl (C=O) groups excluding carboxylic acids is 1. The molecule has 23 heavy (non-hydrogen) atoms. The molecule has 1 amide bonds. The Kier molecular flexibility index (Phi) is 5.91. The molecule has 0 saturated carbocycles. The van der Waals surface area contributed by atoms with E-state index in [4.69, 9.17) is 28.9 Å². The smallest absolute Gasteiger partial charge is 0.337 e. The largest absolute Gasteiger partial charge is 0.478 e. The fourth-order valence-corrected chi connectivity index (χ4v) is 2.47. The highest BCUT2D eigenvalue weighted by atomic mass is 127. The van der Waals surface area contributed by atoms with Crippen molar-refractivity contribution in [2.24, 2.45) is 0 Å². The highest BCUT2D eigenvalue weighted by Crippen LogP contribution is 2.20. The van der Waals surface area contributed by atoms with Crippen molar-refractivity contribution in [2.75, 3.05) is 5.32 Å². The van der Waals surface area contributed by atoms with Crippen LogP contribution in [-0.2, 0) is 0 Å². The average Bonchev–Trinajstić information content (AvgIpc) is 2.49. The van der Waals surface area contributed by atoms with Crippen molar-refractivity contribution in [3.63, 3.8) is 0 Å². The summed E-state index contributed by atoms with van der Waals surface area (Å²) in [6.07, 6.45) is 0. The van der Waals surface area contributed by atoms with Crippen LogP contribution in [0, 0.1) is 3.57 Å². The Morgan fingerprint density at radius 1 is 1.13 bits per heavy atom. The monoisotopic (exact) mass is 460 g/mol. The number of anilines is 1. The van der Waals surface area contributed by atoms with Crippen molar-refractivity contribution in [1.82, 2.24) is 5.32 Å². The lowest BCUT2D eigenvalue weighted by atomic mass is 10.2. The van der Waals surface area contributed by atoms with Crippen LogP contribution >= 0.6 is 46.4 Å². The molecule has 0 bridgehead atoms. The maximum atomic E-state index is 12.0. The van der Waals surface area contributed by atoms with E-state index < -0.39 is 5.97 Å². The van der Waals surface area contributed by atoms with Gasteiger partial charge in [0.2, 0.25) is 0 Å². The SMILES string of the molecule is O=C(NC(=S)Nc1ccc(Cl)c(C(=O)O)c1)c1ccc(I)cc1. The first-order chi connectivity index (χ1) is 10.9. The van der Waals surface area contributed by atoms with Crippen LogP contribution in [0.5, 0.6) is 0 Å². The molecule has 0 aromatic heterocycles. The highest BCUT2D eigenvalue weighted by molar-refractivity contribution is 14.1. The first-order valence-electron chi connectivity index (χ1n) is 6.27. The molecule has 0 atom stereocenters. The molecule has 0 heterocycles. The number of rotatable bonds is 3. The summed E-state index contributed by atoms with van der Waals surface area (Å²) in [5.74, 6) is -1.50. The summed E-state index contributed by atoms with van der Waals surface area (Å²) in [5.41, 5.74) is 0.833. The molecule has 0 fully saturated rings. The Morgan fingerprint density at radius 2 is 1.78 bits per heavy atom. The number of benzene rings is 2. The molecule has 2 aromatic rings. The second-order valence-corrected chi connectivity index (χ2v) is 6.48. The maximum Gasteiger partial charge on any atom is 0.337 e. The van der Waals surface area contributed by atoms with Gasteiger partial charge in [0, 0.05) is 14.8 Å². The van der Waals surface area contributed by atoms with Gasteiger partial charge in [-0.2, -0.15) is 0 Å². The number of carboxylic acid groups (broad SMARTS) is 1. The molecular formula is C15H10ClIN2O3S. The van der Waals surface area contributed by atoms with Gasteiger partial charge in [0.15, 0.2) is 5.11 Å². The number of carbonyl (C=O) groups is 2. The molecule has 0 aliphatic heterocycles. The Bertz CT molecular complexity index is 781. The van der Waals surface area contributed by atoms with Gasteiger partial charge in [-0.25, -0.2) is 4.79 Å². The zero-order valence-corrected chi connectivity index (χ0v) is 15.2. The van der Waals surface area contributed by atoms with Crippen molar-refractivity contribution in [3.05, 3.63) is 62.2 Å². The number of halogens is 2. The van der Waals surface area contributed by atoms with E-state index in [-0.39, 0.29) is 21.6 Å². The van der Waals surface area contributed by atoms with Crippen LogP contribution in [0.1, 0.15) is 20.7 Å². The summed E-state index contributed by atoms with van der Waals surface area (Å²) in [6.45, 7) is 0. The van der Waals surface area contributed by atoms with Crippen molar-refractivity contribution >= 4 is 69.1 Å². The lowest BCUT2D eigenvalue weighted by Crippen LogP contribution is -2.34. The van der Waals surface area contributed by atoms with Crippen LogP contribution in [0.15, 0.2) is 42.5 Å². The van der Waals surface area contributed by atoms with E-state index in [1.165, 1.54) is 12.1 Å². The minimum atomic E-state index is -1.15. The normalized spacial score (nSPS) is 10.0. The van der Waals surface area contributed by atoms with E-state index in [1.54, 1.807) is 18.2 Å². The quantitative estimate of drug-likeness (QED) is 0.480. The van der Waals surface area contributed by atoms with Gasteiger partial charge >= 0.3 is 5.97 Å². The first-order valence-corrected chi connectivity index (χ1v) is 8.14. The molecule has 3 N–H and O–H groups in total. The second-order valence-electron chi connectivity index (χ2n) is 4.41. The minimum absolute atomic E-state index is 0.0524. The van der Waals surface area contributed by atoms with E-state index in [9.17, 15) is 9.59 Å². The van der Waals surface area contributed by atoms with Crippen molar-refractivity contribution < 1.29 is 14.7 Å². The van der Waals surface area contributed by atoms with Gasteiger partial charge in [-0.15, -0.1) is 0 Å². The third kappa shape index (κ3) is 4.88. The number of aromatic carboxylic acids is 1. The van der Waals surface area contributed by atoms with Gasteiger partial charge in [-0.3, -0.25) is 10.1 Å². The summed E-state index contributed by atoms with van der Waals surface area (Å²) in [4.78, 5) is 23.1. The molecule has 0 aliphatic carbocycles. The Balaban J connectivity index is 2.05. The topological polar surface area (TPSA) is 78.4 Å². The number of hydrogen-bond acceptors (Lipinski definition) is 3. The molecule has 0 unspecified atom stereocenters. The number of hydrogen-bond donors (Lipinski definition) is 3. The zero-order valence-electron chi connectivity index (χ0n) is 11.5. The number of nitrogens with one attached hydrogen (secondary N) is 2. The predicted molar refractivity (Wildman–Crippen MR) is 101 cm³/mol. The van der Waals surface area contributed by atoms with Crippen LogP contribution < -0.4 is 10.6 Å². The summed E-state index contributed by atoms with van der Waals surface area (Å²) in [6, 6.07) is 11.3. The van der Waals surface area contributed by atoms with Gasteiger partial charge in [0.1, 0.15) is 0 Å². The van der Waals surface area contributed by atoms with Gasteiger partial charge in [-0.1, -0.05) is 11.6 Å². The molecule has 2 rings (SSSR count). The molecule has 5 nitrogen and oxygen atoms in total. The number of thiocarbonyl (C=S) groups is 1. The van der Waals surface area contributed by atoms with Crippen molar-refractivity contribution in [2.45, 2.75) is 0 Å².